The Morgan fingerprint density at radius 3 is 2.46 bits per heavy atom. The highest BCUT2D eigenvalue weighted by atomic mass is 16.5. The third-order valence-electron chi connectivity index (χ3n) is 7.23. The number of nitrogens with zero attached hydrogens (tertiary/aromatic N) is 1. The summed E-state index contributed by atoms with van der Waals surface area (Å²) in [7, 11) is 0. The van der Waals surface area contributed by atoms with Crippen molar-refractivity contribution in [1.29, 1.82) is 0 Å². The number of aromatic hydroxyl groups is 1. The van der Waals surface area contributed by atoms with Crippen molar-refractivity contribution in [3.05, 3.63) is 30.0 Å². The fraction of sp³-hybridized carbons (Fsp3) is 0.591. The number of phenols is 1. The minimum atomic E-state index is -0.0103. The van der Waals surface area contributed by atoms with Crippen LogP contribution in [0.25, 0.3) is 10.9 Å². The summed E-state index contributed by atoms with van der Waals surface area (Å²) in [5.74, 6) is 0.917. The molecule has 2 heterocycles. The minimum absolute atomic E-state index is 0.00302. The van der Waals surface area contributed by atoms with Gasteiger partial charge in [-0.2, -0.15) is 0 Å². The summed E-state index contributed by atoms with van der Waals surface area (Å²) in [5.41, 5.74) is 1.61. The molecule has 2 aromatic rings. The van der Waals surface area contributed by atoms with Gasteiger partial charge in [0.25, 0.3) is 0 Å². The molecule has 4 nitrogen and oxygen atoms in total. The molecule has 4 rings (SSSR count). The van der Waals surface area contributed by atoms with Crippen molar-refractivity contribution in [1.82, 2.24) is 4.57 Å². The second-order valence-corrected chi connectivity index (χ2v) is 9.16. The van der Waals surface area contributed by atoms with Crippen molar-refractivity contribution in [2.24, 2.45) is 22.7 Å². The van der Waals surface area contributed by atoms with E-state index in [0.29, 0.717) is 16.9 Å². The zero-order valence-corrected chi connectivity index (χ0v) is 16.2. The number of Topliss-reactive ketones (excluding diaryl/α,β-unsaturated/α-hetero) is 1. The number of carbonyl (C=O) groups is 1. The standard InChI is InChI=1S/C22H29NO3/c1-21(2)20(22(21,3)4)19(25)15-13-23(12-14-8-10-26-11-9-14)16-6-5-7-17(24)18(15)16/h5-7,13-14,20,24H,8-12H2,1-4H3. The van der Waals surface area contributed by atoms with Crippen LogP contribution in [0.3, 0.4) is 0 Å². The van der Waals surface area contributed by atoms with Crippen LogP contribution in [0.15, 0.2) is 24.4 Å². The molecular weight excluding hydrogens is 326 g/mol. The van der Waals surface area contributed by atoms with E-state index >= 15 is 0 Å². The topological polar surface area (TPSA) is 51.5 Å². The molecule has 1 aliphatic heterocycles. The van der Waals surface area contributed by atoms with Crippen LogP contribution in [0.1, 0.15) is 50.9 Å². The predicted molar refractivity (Wildman–Crippen MR) is 103 cm³/mol. The molecule has 2 fully saturated rings. The van der Waals surface area contributed by atoms with Crippen molar-refractivity contribution >= 4 is 16.7 Å². The molecule has 0 bridgehead atoms. The Kier molecular flexibility index (Phi) is 3.96. The highest BCUT2D eigenvalue weighted by Crippen LogP contribution is 2.69. The molecule has 1 aliphatic carbocycles. The number of carbonyl (C=O) groups excluding carboxylic acids is 1. The van der Waals surface area contributed by atoms with Crippen molar-refractivity contribution in [2.45, 2.75) is 47.1 Å². The highest BCUT2D eigenvalue weighted by Gasteiger charge is 2.68. The highest BCUT2D eigenvalue weighted by molar-refractivity contribution is 6.12. The largest absolute Gasteiger partial charge is 0.507 e. The molecule has 1 aromatic carbocycles. The Hall–Kier alpha value is -1.81. The fourth-order valence-corrected chi connectivity index (χ4v) is 4.89. The van der Waals surface area contributed by atoms with E-state index in [0.717, 1.165) is 38.1 Å². The zero-order valence-electron chi connectivity index (χ0n) is 16.2. The lowest BCUT2D eigenvalue weighted by Crippen LogP contribution is -2.20. The lowest BCUT2D eigenvalue weighted by molar-refractivity contribution is 0.0616. The normalized spacial score (nSPS) is 22.6. The maximum atomic E-state index is 13.4. The van der Waals surface area contributed by atoms with Crippen molar-refractivity contribution < 1.29 is 14.6 Å². The number of hydrogen-bond acceptors (Lipinski definition) is 3. The van der Waals surface area contributed by atoms with Gasteiger partial charge in [0.15, 0.2) is 5.78 Å². The first-order valence-electron chi connectivity index (χ1n) is 9.68. The number of rotatable bonds is 4. The van der Waals surface area contributed by atoms with Gasteiger partial charge in [0, 0.05) is 37.4 Å². The molecule has 4 heteroatoms. The van der Waals surface area contributed by atoms with E-state index in [1.54, 1.807) is 6.07 Å². The third kappa shape index (κ3) is 2.50. The van der Waals surface area contributed by atoms with Crippen LogP contribution in [-0.2, 0) is 11.3 Å². The van der Waals surface area contributed by atoms with Gasteiger partial charge in [0.05, 0.1) is 10.9 Å². The summed E-state index contributed by atoms with van der Waals surface area (Å²) in [4.78, 5) is 13.4. The van der Waals surface area contributed by atoms with E-state index in [2.05, 4.69) is 32.3 Å². The van der Waals surface area contributed by atoms with E-state index in [1.807, 2.05) is 18.3 Å². The van der Waals surface area contributed by atoms with Crippen LogP contribution in [-0.4, -0.2) is 28.7 Å². The fourth-order valence-electron chi connectivity index (χ4n) is 4.89. The summed E-state index contributed by atoms with van der Waals surface area (Å²) in [6.45, 7) is 11.1. The molecule has 0 amide bonds. The Balaban J connectivity index is 1.74. The monoisotopic (exact) mass is 355 g/mol. The predicted octanol–water partition coefficient (Wildman–Crippen LogP) is 4.64. The van der Waals surface area contributed by atoms with E-state index in [4.69, 9.17) is 4.74 Å². The summed E-state index contributed by atoms with van der Waals surface area (Å²) in [6.07, 6.45) is 4.07. The number of aromatic nitrogens is 1. The number of benzene rings is 1. The Labute approximate surface area is 155 Å². The van der Waals surface area contributed by atoms with Crippen LogP contribution in [0.4, 0.5) is 0 Å². The molecule has 0 radical (unpaired) electrons. The smallest absolute Gasteiger partial charge is 0.169 e. The molecule has 0 spiro atoms. The summed E-state index contributed by atoms with van der Waals surface area (Å²) >= 11 is 0. The molecular formula is C22H29NO3. The third-order valence-corrected chi connectivity index (χ3v) is 7.23. The van der Waals surface area contributed by atoms with Crippen molar-refractivity contribution in [3.8, 4) is 5.75 Å². The molecule has 1 saturated heterocycles. The van der Waals surface area contributed by atoms with Crippen molar-refractivity contribution in [2.75, 3.05) is 13.2 Å². The maximum Gasteiger partial charge on any atom is 0.169 e. The lowest BCUT2D eigenvalue weighted by Gasteiger charge is -2.22. The van der Waals surface area contributed by atoms with Crippen LogP contribution in [0, 0.1) is 22.7 Å². The summed E-state index contributed by atoms with van der Waals surface area (Å²) < 4.78 is 7.64. The first kappa shape index (κ1) is 17.6. The maximum absolute atomic E-state index is 13.4. The van der Waals surface area contributed by atoms with Crippen LogP contribution in [0.2, 0.25) is 0 Å². The van der Waals surface area contributed by atoms with E-state index in [1.165, 1.54) is 0 Å². The van der Waals surface area contributed by atoms with Gasteiger partial charge >= 0.3 is 0 Å². The van der Waals surface area contributed by atoms with Gasteiger partial charge < -0.3 is 14.4 Å². The van der Waals surface area contributed by atoms with Gasteiger partial charge in [-0.25, -0.2) is 0 Å². The number of phenolic OH excluding ortho intramolecular Hbond substituents is 1. The SMILES string of the molecule is CC1(C)C(C(=O)c2cn(CC3CCOCC3)c3cccc(O)c23)C1(C)C. The van der Waals surface area contributed by atoms with Gasteiger partial charge in [-0.1, -0.05) is 33.8 Å². The van der Waals surface area contributed by atoms with Gasteiger partial charge in [-0.3, -0.25) is 4.79 Å². The first-order chi connectivity index (χ1) is 12.2. The molecule has 0 unspecified atom stereocenters. The first-order valence-corrected chi connectivity index (χ1v) is 9.68. The number of fused-ring (bicyclic) bond motifs is 1. The molecule has 0 atom stereocenters. The van der Waals surface area contributed by atoms with Gasteiger partial charge in [0.2, 0.25) is 0 Å². The van der Waals surface area contributed by atoms with Crippen molar-refractivity contribution in [3.63, 3.8) is 0 Å². The number of ketones is 1. The molecule has 2 aliphatic rings. The summed E-state index contributed by atoms with van der Waals surface area (Å²) in [6, 6.07) is 5.55. The quantitative estimate of drug-likeness (QED) is 0.813. The molecule has 26 heavy (non-hydrogen) atoms. The van der Waals surface area contributed by atoms with Crippen LogP contribution in [0.5, 0.6) is 5.75 Å². The van der Waals surface area contributed by atoms with E-state index < -0.39 is 0 Å². The second-order valence-electron chi connectivity index (χ2n) is 9.16. The average Bonchev–Trinajstić information content (AvgIpc) is 2.87. The number of hydrogen-bond donors (Lipinski definition) is 1. The molecule has 1 saturated carbocycles. The Morgan fingerprint density at radius 2 is 1.85 bits per heavy atom. The summed E-state index contributed by atoms with van der Waals surface area (Å²) in [5, 5.41) is 11.2. The molecule has 140 valence electrons. The Morgan fingerprint density at radius 1 is 1.19 bits per heavy atom. The van der Waals surface area contributed by atoms with Gasteiger partial charge in [-0.15, -0.1) is 0 Å². The van der Waals surface area contributed by atoms with E-state index in [9.17, 15) is 9.90 Å². The Bertz CT molecular complexity index is 842. The lowest BCUT2D eigenvalue weighted by atomic mass is 10.0. The van der Waals surface area contributed by atoms with Gasteiger partial charge in [-0.05, 0) is 41.7 Å². The number of ether oxygens (including phenoxy) is 1. The van der Waals surface area contributed by atoms with Gasteiger partial charge in [0.1, 0.15) is 5.75 Å². The second kappa shape index (κ2) is 5.85. The molecule has 1 N–H and O–H groups in total. The zero-order chi connectivity index (χ0) is 18.7. The minimum Gasteiger partial charge on any atom is -0.507 e. The molecule has 1 aromatic heterocycles. The van der Waals surface area contributed by atoms with E-state index in [-0.39, 0.29) is 28.3 Å². The van der Waals surface area contributed by atoms with Crippen LogP contribution >= 0.6 is 0 Å². The average molecular weight is 355 g/mol. The van der Waals surface area contributed by atoms with Crippen LogP contribution < -0.4 is 0 Å².